The van der Waals surface area contributed by atoms with Crippen LogP contribution in [-0.4, -0.2) is 78.6 Å². The van der Waals surface area contributed by atoms with Crippen LogP contribution in [0.1, 0.15) is 85.5 Å². The third-order valence-electron chi connectivity index (χ3n) is 10.00. The van der Waals surface area contributed by atoms with Crippen molar-refractivity contribution in [1.29, 1.82) is 0 Å². The summed E-state index contributed by atoms with van der Waals surface area (Å²) in [6, 6.07) is 7.40. The summed E-state index contributed by atoms with van der Waals surface area (Å²) >= 11 is 0. The molecule has 1 aromatic carbocycles. The second kappa shape index (κ2) is 15.1. The zero-order chi connectivity index (χ0) is 36.3. The van der Waals surface area contributed by atoms with Crippen molar-refractivity contribution in [3.05, 3.63) is 49.2 Å². The fraction of sp³-hybridized carbons (Fsp3) is 0.595. The minimum absolute atomic E-state index is 0.0284. The van der Waals surface area contributed by atoms with Crippen LogP contribution in [-0.2, 0) is 29.1 Å². The number of hydrogen-bond donors (Lipinski definition) is 2. The third-order valence-corrected chi connectivity index (χ3v) is 11.8. The molecule has 1 saturated heterocycles. The summed E-state index contributed by atoms with van der Waals surface area (Å²) in [7, 11) is -3.84. The highest BCUT2D eigenvalue weighted by Crippen LogP contribution is 2.57. The van der Waals surface area contributed by atoms with Crippen molar-refractivity contribution >= 4 is 44.5 Å². The van der Waals surface area contributed by atoms with Crippen LogP contribution in [0.4, 0.5) is 4.79 Å². The number of carbonyl (C=O) groups excluding carboxylic acids is 4. The number of ketones is 1. The molecule has 2 aromatic rings. The largest absolute Gasteiger partial charge is 0.472 e. The Kier molecular flexibility index (Phi) is 11.2. The lowest BCUT2D eigenvalue weighted by Gasteiger charge is -2.35. The highest BCUT2D eigenvalue weighted by molar-refractivity contribution is 7.90. The van der Waals surface area contributed by atoms with Gasteiger partial charge in [0.25, 0.3) is 0 Å². The number of unbranched alkanes of at least 4 members (excludes halogenated alkanes) is 3. The van der Waals surface area contributed by atoms with Crippen LogP contribution in [0.5, 0.6) is 5.88 Å². The number of rotatable bonds is 16. The van der Waals surface area contributed by atoms with Gasteiger partial charge in [-0.15, -0.1) is 6.58 Å². The number of nitrogens with zero attached hydrogens (tertiary/aromatic N) is 2. The van der Waals surface area contributed by atoms with Crippen LogP contribution in [0.3, 0.4) is 0 Å². The van der Waals surface area contributed by atoms with Crippen molar-refractivity contribution in [1.82, 2.24) is 19.9 Å². The van der Waals surface area contributed by atoms with E-state index in [9.17, 15) is 27.6 Å². The number of Topliss-reactive ketones (excluding diaryl/α,β-unsaturated/α-hetero) is 1. The zero-order valence-corrected chi connectivity index (χ0v) is 30.3. The van der Waals surface area contributed by atoms with Crippen molar-refractivity contribution in [3.63, 3.8) is 0 Å². The Morgan fingerprint density at radius 2 is 1.86 bits per heavy atom. The molecule has 5 atom stereocenters. The van der Waals surface area contributed by atoms with Crippen molar-refractivity contribution < 1.29 is 37.1 Å². The van der Waals surface area contributed by atoms with Crippen LogP contribution in [0.2, 0.25) is 0 Å². The van der Waals surface area contributed by atoms with Gasteiger partial charge >= 0.3 is 6.09 Å². The molecule has 50 heavy (non-hydrogen) atoms. The predicted octanol–water partition coefficient (Wildman–Crippen LogP) is 5.06. The number of hydrogen-bond acceptors (Lipinski definition) is 9. The molecule has 2 heterocycles. The smallest absolute Gasteiger partial charge is 0.407 e. The lowest BCUT2D eigenvalue weighted by Crippen LogP contribution is -2.57. The first-order chi connectivity index (χ1) is 23.7. The number of sulfonamides is 1. The summed E-state index contributed by atoms with van der Waals surface area (Å²) in [5, 5.41) is 3.84. The molecule has 2 aliphatic carbocycles. The third kappa shape index (κ3) is 8.47. The second-order valence-electron chi connectivity index (χ2n) is 15.0. The molecule has 2 saturated carbocycles. The topological polar surface area (TPSA) is 161 Å². The zero-order valence-electron chi connectivity index (χ0n) is 29.5. The van der Waals surface area contributed by atoms with Gasteiger partial charge in [0, 0.05) is 24.4 Å². The molecule has 5 rings (SSSR count). The Hall–Kier alpha value is -4.00. The van der Waals surface area contributed by atoms with Gasteiger partial charge in [0.1, 0.15) is 12.1 Å². The molecule has 0 unspecified atom stereocenters. The van der Waals surface area contributed by atoms with Crippen molar-refractivity contribution in [2.75, 3.05) is 13.2 Å². The van der Waals surface area contributed by atoms with Crippen LogP contribution >= 0.6 is 0 Å². The van der Waals surface area contributed by atoms with Gasteiger partial charge in [0.15, 0.2) is 5.78 Å². The summed E-state index contributed by atoms with van der Waals surface area (Å²) in [6.07, 6.45) is 6.64. The van der Waals surface area contributed by atoms with Gasteiger partial charge in [-0.25, -0.2) is 18.2 Å². The molecular formula is C37H50N4O8S. The predicted molar refractivity (Wildman–Crippen MR) is 189 cm³/mol. The Balaban J connectivity index is 1.39. The van der Waals surface area contributed by atoms with E-state index >= 15 is 0 Å². The molecule has 13 heteroatoms. The van der Waals surface area contributed by atoms with Crippen molar-refractivity contribution in [2.24, 2.45) is 16.7 Å². The molecular weight excluding hydrogens is 660 g/mol. The standard InChI is InChI=1S/C37H50N4O8S/c1-6-8-9-12-19-48-35(45)39-31(36(3,4)5)33(43)41-23-26(49-32-28-14-11-10-13-24(28)17-18-38-32)20-29(41)30(42)22-37(21-25(37)7-2)34(44)40-50(46,47)27-15-16-27/h7,10-11,13-14,17-18,25-27,29,31H,2,6,8-9,12,15-16,19-23H2,1,3-5H3,(H,39,45)(H,40,44)/t25-,26-,29+,31-,37-/m1/s1. The van der Waals surface area contributed by atoms with E-state index in [1.54, 1.807) is 12.3 Å². The first kappa shape index (κ1) is 37.3. The summed E-state index contributed by atoms with van der Waals surface area (Å²) in [5.74, 6) is -1.64. The normalized spacial score (nSPS) is 23.9. The monoisotopic (exact) mass is 710 g/mol. The van der Waals surface area contributed by atoms with Crippen LogP contribution in [0.15, 0.2) is 49.2 Å². The number of pyridine rings is 1. The fourth-order valence-electron chi connectivity index (χ4n) is 6.75. The average Bonchev–Trinajstić information content (AvgIpc) is 4.00. The fourth-order valence-corrected chi connectivity index (χ4v) is 8.14. The van der Waals surface area contributed by atoms with E-state index < -0.39 is 73.9 Å². The molecule has 3 aliphatic rings. The Morgan fingerprint density at radius 3 is 2.52 bits per heavy atom. The second-order valence-corrected chi connectivity index (χ2v) is 16.9. The summed E-state index contributed by atoms with van der Waals surface area (Å²) in [6.45, 7) is 11.6. The molecule has 1 aromatic heterocycles. The number of nitrogens with one attached hydrogen (secondary N) is 2. The first-order valence-electron chi connectivity index (χ1n) is 17.7. The first-order valence-corrected chi connectivity index (χ1v) is 19.2. The molecule has 0 bridgehead atoms. The maximum absolute atomic E-state index is 14.4. The van der Waals surface area contributed by atoms with E-state index in [4.69, 9.17) is 9.47 Å². The quantitative estimate of drug-likeness (QED) is 0.179. The molecule has 3 fully saturated rings. The minimum atomic E-state index is -3.84. The van der Waals surface area contributed by atoms with Gasteiger partial charge in [0.2, 0.25) is 27.7 Å². The Bertz CT molecular complexity index is 1710. The summed E-state index contributed by atoms with van der Waals surface area (Å²) in [5.41, 5.74) is -2.04. The van der Waals surface area contributed by atoms with Gasteiger partial charge in [0.05, 0.1) is 29.9 Å². The van der Waals surface area contributed by atoms with E-state index in [1.165, 1.54) is 4.90 Å². The summed E-state index contributed by atoms with van der Waals surface area (Å²) < 4.78 is 39.3. The number of alkyl carbamates (subject to hydrolysis) is 1. The molecule has 3 amide bonds. The van der Waals surface area contributed by atoms with Gasteiger partial charge in [-0.3, -0.25) is 19.1 Å². The number of fused-ring (bicyclic) bond motifs is 1. The van der Waals surface area contributed by atoms with Gasteiger partial charge in [-0.05, 0) is 54.5 Å². The maximum atomic E-state index is 14.4. The van der Waals surface area contributed by atoms with E-state index in [0.717, 1.165) is 30.0 Å². The lowest BCUT2D eigenvalue weighted by molar-refractivity contribution is -0.142. The van der Waals surface area contributed by atoms with E-state index in [-0.39, 0.29) is 32.4 Å². The molecule has 0 spiro atoms. The van der Waals surface area contributed by atoms with Crippen LogP contribution < -0.4 is 14.8 Å². The molecule has 1 aliphatic heterocycles. The molecule has 272 valence electrons. The lowest BCUT2D eigenvalue weighted by atomic mass is 9.85. The average molecular weight is 711 g/mol. The number of carbonyl (C=O) groups is 4. The molecule has 12 nitrogen and oxygen atoms in total. The Morgan fingerprint density at radius 1 is 1.12 bits per heavy atom. The van der Waals surface area contributed by atoms with Crippen LogP contribution in [0.25, 0.3) is 10.8 Å². The number of allylic oxidation sites excluding steroid dienone is 1. The van der Waals surface area contributed by atoms with Crippen molar-refractivity contribution in [3.8, 4) is 5.88 Å². The number of amides is 3. The molecule has 0 radical (unpaired) electrons. The van der Waals surface area contributed by atoms with Gasteiger partial charge < -0.3 is 19.7 Å². The van der Waals surface area contributed by atoms with Gasteiger partial charge in [-0.1, -0.05) is 71.2 Å². The van der Waals surface area contributed by atoms with Crippen molar-refractivity contribution in [2.45, 2.75) is 109 Å². The number of benzene rings is 1. The van der Waals surface area contributed by atoms with E-state index in [0.29, 0.717) is 25.1 Å². The minimum Gasteiger partial charge on any atom is -0.472 e. The summed E-state index contributed by atoms with van der Waals surface area (Å²) in [4.78, 5) is 61.0. The highest BCUT2D eigenvalue weighted by atomic mass is 32.2. The Labute approximate surface area is 294 Å². The number of aromatic nitrogens is 1. The number of likely N-dealkylation sites (tertiary alicyclic amines) is 1. The highest BCUT2D eigenvalue weighted by Gasteiger charge is 2.61. The number of ether oxygens (including phenoxy) is 2. The van der Waals surface area contributed by atoms with E-state index in [1.807, 2.05) is 51.1 Å². The van der Waals surface area contributed by atoms with Crippen LogP contribution in [0, 0.1) is 16.7 Å². The van der Waals surface area contributed by atoms with E-state index in [2.05, 4.69) is 28.5 Å². The SMILES string of the molecule is C=C[C@@H]1C[C@]1(CC(=O)[C@@H]1C[C@@H](Oc2nccc3ccccc23)CN1C(=O)[C@@H](NC(=O)OCCCCCC)C(C)(C)C)C(=O)NS(=O)(=O)C1CC1. The van der Waals surface area contributed by atoms with Gasteiger partial charge in [-0.2, -0.15) is 0 Å². The maximum Gasteiger partial charge on any atom is 0.407 e. The molecule has 2 N–H and O–H groups in total.